The van der Waals surface area contributed by atoms with Gasteiger partial charge in [-0.1, -0.05) is 24.3 Å². The summed E-state index contributed by atoms with van der Waals surface area (Å²) in [5.74, 6) is 0.0682. The number of amides is 1. The largest absolute Gasteiger partial charge is 0.497 e. The van der Waals surface area contributed by atoms with Crippen LogP contribution in [0.1, 0.15) is 38.2 Å². The number of hydrogen-bond acceptors (Lipinski definition) is 7. The number of aryl methyl sites for hydroxylation is 1. The standard InChI is InChI=1S/C27H33N3O5S2/c1-3-19-8-13-24-25(16-19)36-27(28-24)30(18-22-7-5-15-35-22)26(31)20-6-4-14-29(17-20)37(32,33)23-11-9-21(34-2)10-12-23/h8-13,16,20,22H,3-7,14-15,17-18H2,1-2H3. The SMILES string of the molecule is CCc1ccc2nc(N(CC3CCCO3)C(=O)C3CCCN(S(=O)(=O)c4ccc(OC)cc4)C3)sc2c1. The maximum Gasteiger partial charge on any atom is 0.243 e. The highest BCUT2D eigenvalue weighted by molar-refractivity contribution is 7.89. The minimum Gasteiger partial charge on any atom is -0.497 e. The zero-order valence-electron chi connectivity index (χ0n) is 21.3. The topological polar surface area (TPSA) is 89.0 Å². The molecule has 2 aliphatic rings. The van der Waals surface area contributed by atoms with E-state index in [0.29, 0.717) is 43.4 Å². The maximum absolute atomic E-state index is 14.0. The number of rotatable bonds is 8. The molecule has 2 unspecified atom stereocenters. The summed E-state index contributed by atoms with van der Waals surface area (Å²) >= 11 is 1.51. The average molecular weight is 544 g/mol. The lowest BCUT2D eigenvalue weighted by atomic mass is 9.98. The highest BCUT2D eigenvalue weighted by atomic mass is 32.2. The molecule has 0 N–H and O–H groups in total. The summed E-state index contributed by atoms with van der Waals surface area (Å²) in [5.41, 5.74) is 2.10. The van der Waals surface area contributed by atoms with Crippen LogP contribution in [0.4, 0.5) is 5.13 Å². The van der Waals surface area contributed by atoms with E-state index < -0.39 is 15.9 Å². The molecule has 5 rings (SSSR count). The molecule has 37 heavy (non-hydrogen) atoms. The van der Waals surface area contributed by atoms with Crippen LogP contribution in [0, 0.1) is 5.92 Å². The first-order chi connectivity index (χ1) is 17.9. The van der Waals surface area contributed by atoms with Crippen molar-refractivity contribution in [2.75, 3.05) is 38.3 Å². The monoisotopic (exact) mass is 543 g/mol. The van der Waals surface area contributed by atoms with Crippen molar-refractivity contribution in [1.82, 2.24) is 9.29 Å². The van der Waals surface area contributed by atoms with Gasteiger partial charge < -0.3 is 9.47 Å². The zero-order valence-corrected chi connectivity index (χ0v) is 22.9. The number of ether oxygens (including phenoxy) is 2. The molecule has 2 aromatic carbocycles. The Hall–Kier alpha value is -2.53. The van der Waals surface area contributed by atoms with Crippen LogP contribution in [-0.2, 0) is 26.0 Å². The van der Waals surface area contributed by atoms with Crippen molar-refractivity contribution in [3.8, 4) is 5.75 Å². The van der Waals surface area contributed by atoms with Crippen LogP contribution in [0.3, 0.4) is 0 Å². The second-order valence-corrected chi connectivity index (χ2v) is 12.6. The van der Waals surface area contributed by atoms with Crippen molar-refractivity contribution in [2.24, 2.45) is 5.92 Å². The minimum atomic E-state index is -3.73. The summed E-state index contributed by atoms with van der Waals surface area (Å²) in [5, 5.41) is 0.652. The number of thiazole rings is 1. The zero-order chi connectivity index (χ0) is 26.0. The first-order valence-corrected chi connectivity index (χ1v) is 15.1. The summed E-state index contributed by atoms with van der Waals surface area (Å²) in [6, 6.07) is 12.6. The molecule has 3 heterocycles. The molecular formula is C27H33N3O5S2. The molecular weight excluding hydrogens is 510 g/mol. The fourth-order valence-corrected chi connectivity index (χ4v) is 7.59. The molecule has 0 bridgehead atoms. The number of hydrogen-bond donors (Lipinski definition) is 0. The highest BCUT2D eigenvalue weighted by Crippen LogP contribution is 2.33. The van der Waals surface area contributed by atoms with E-state index >= 15 is 0 Å². The van der Waals surface area contributed by atoms with Crippen LogP contribution in [-0.4, -0.2) is 63.1 Å². The summed E-state index contributed by atoms with van der Waals surface area (Å²) in [6.07, 6.45) is 4.04. The Labute approximate surface area is 222 Å². The van der Waals surface area contributed by atoms with Crippen LogP contribution in [0.25, 0.3) is 10.2 Å². The summed E-state index contributed by atoms with van der Waals surface area (Å²) in [4.78, 5) is 20.7. The number of methoxy groups -OCH3 is 1. The van der Waals surface area contributed by atoms with Crippen molar-refractivity contribution in [3.05, 3.63) is 48.0 Å². The predicted molar refractivity (Wildman–Crippen MR) is 145 cm³/mol. The molecule has 0 radical (unpaired) electrons. The van der Waals surface area contributed by atoms with Crippen molar-refractivity contribution in [1.29, 1.82) is 0 Å². The molecule has 3 aromatic rings. The molecule has 2 atom stereocenters. The van der Waals surface area contributed by atoms with Gasteiger partial charge in [-0.15, -0.1) is 0 Å². The lowest BCUT2D eigenvalue weighted by Gasteiger charge is -2.34. The van der Waals surface area contributed by atoms with E-state index in [4.69, 9.17) is 14.5 Å². The second kappa shape index (κ2) is 11.1. The van der Waals surface area contributed by atoms with Crippen molar-refractivity contribution in [2.45, 2.75) is 50.0 Å². The fraction of sp³-hybridized carbons (Fsp3) is 0.481. The van der Waals surface area contributed by atoms with E-state index in [-0.39, 0.29) is 23.5 Å². The van der Waals surface area contributed by atoms with E-state index in [9.17, 15) is 13.2 Å². The van der Waals surface area contributed by atoms with Crippen molar-refractivity contribution >= 4 is 42.6 Å². The Balaban J connectivity index is 1.40. The number of nitrogens with zero attached hydrogens (tertiary/aromatic N) is 3. The molecule has 2 aliphatic heterocycles. The van der Waals surface area contributed by atoms with Crippen molar-refractivity contribution < 1.29 is 22.7 Å². The van der Waals surface area contributed by atoms with Crippen molar-refractivity contribution in [3.63, 3.8) is 0 Å². The fourth-order valence-electron chi connectivity index (χ4n) is 5.03. The van der Waals surface area contributed by atoms with Gasteiger partial charge in [-0.05, 0) is 74.1 Å². The van der Waals surface area contributed by atoms with E-state index in [1.54, 1.807) is 36.3 Å². The minimum absolute atomic E-state index is 0.0371. The summed E-state index contributed by atoms with van der Waals surface area (Å²) < 4.78 is 40.3. The third-order valence-electron chi connectivity index (χ3n) is 7.19. The third-order valence-corrected chi connectivity index (χ3v) is 10.1. The van der Waals surface area contributed by atoms with Crippen LogP contribution in [0.2, 0.25) is 0 Å². The van der Waals surface area contributed by atoms with E-state index in [0.717, 1.165) is 29.5 Å². The smallest absolute Gasteiger partial charge is 0.243 e. The Bertz CT molecular complexity index is 1350. The van der Waals surface area contributed by atoms with Crippen LogP contribution < -0.4 is 9.64 Å². The quantitative estimate of drug-likeness (QED) is 0.416. The average Bonchev–Trinajstić information content (AvgIpc) is 3.60. The van der Waals surface area contributed by atoms with Gasteiger partial charge in [0.15, 0.2) is 5.13 Å². The number of benzene rings is 2. The maximum atomic E-state index is 14.0. The normalized spacial score (nSPS) is 20.8. The van der Waals surface area contributed by atoms with Gasteiger partial charge in [0.1, 0.15) is 5.75 Å². The molecule has 1 aromatic heterocycles. The molecule has 10 heteroatoms. The summed E-state index contributed by atoms with van der Waals surface area (Å²) in [7, 11) is -2.18. The van der Waals surface area contributed by atoms with Gasteiger partial charge in [-0.25, -0.2) is 13.4 Å². The Morgan fingerprint density at radius 1 is 1.19 bits per heavy atom. The number of aromatic nitrogens is 1. The number of fused-ring (bicyclic) bond motifs is 1. The Kier molecular flexibility index (Phi) is 7.80. The molecule has 0 aliphatic carbocycles. The van der Waals surface area contributed by atoms with Crippen LogP contribution in [0.5, 0.6) is 5.75 Å². The summed E-state index contributed by atoms with van der Waals surface area (Å²) in [6.45, 7) is 3.79. The highest BCUT2D eigenvalue weighted by Gasteiger charge is 2.37. The first kappa shape index (κ1) is 26.1. The van der Waals surface area contributed by atoms with Crippen LogP contribution in [0.15, 0.2) is 47.4 Å². The molecule has 0 saturated carbocycles. The Morgan fingerprint density at radius 2 is 2.00 bits per heavy atom. The molecule has 2 saturated heterocycles. The number of sulfonamides is 1. The molecule has 2 fully saturated rings. The number of carbonyl (C=O) groups is 1. The number of piperidine rings is 1. The van der Waals surface area contributed by atoms with Crippen LogP contribution >= 0.6 is 11.3 Å². The van der Waals surface area contributed by atoms with Gasteiger partial charge in [0, 0.05) is 19.7 Å². The molecule has 1 amide bonds. The molecule has 8 nitrogen and oxygen atoms in total. The molecule has 0 spiro atoms. The third kappa shape index (κ3) is 5.52. The lowest BCUT2D eigenvalue weighted by Crippen LogP contribution is -2.48. The van der Waals surface area contributed by atoms with Gasteiger partial charge in [-0.2, -0.15) is 4.31 Å². The first-order valence-electron chi connectivity index (χ1n) is 12.9. The molecule has 198 valence electrons. The lowest BCUT2D eigenvalue weighted by molar-refractivity contribution is -0.123. The predicted octanol–water partition coefficient (Wildman–Crippen LogP) is 4.48. The Morgan fingerprint density at radius 3 is 2.70 bits per heavy atom. The van der Waals surface area contributed by atoms with E-state index in [2.05, 4.69) is 19.1 Å². The van der Waals surface area contributed by atoms with Gasteiger partial charge in [0.2, 0.25) is 15.9 Å². The number of anilines is 1. The second-order valence-electron chi connectivity index (χ2n) is 9.61. The van der Waals surface area contributed by atoms with E-state index in [1.807, 2.05) is 6.07 Å². The van der Waals surface area contributed by atoms with Gasteiger partial charge in [-0.3, -0.25) is 9.69 Å². The van der Waals surface area contributed by atoms with E-state index in [1.165, 1.54) is 21.2 Å². The van der Waals surface area contributed by atoms with Gasteiger partial charge >= 0.3 is 0 Å². The van der Waals surface area contributed by atoms with Gasteiger partial charge in [0.05, 0.1) is 40.8 Å². The number of carbonyl (C=O) groups excluding carboxylic acids is 1. The van der Waals surface area contributed by atoms with Gasteiger partial charge in [0.25, 0.3) is 0 Å².